The summed E-state index contributed by atoms with van der Waals surface area (Å²) in [5, 5.41) is 5.02. The second-order valence-electron chi connectivity index (χ2n) is 14.1. The van der Waals surface area contributed by atoms with E-state index in [4.69, 9.17) is 14.6 Å². The number of fused-ring (bicyclic) bond motifs is 3. The highest BCUT2D eigenvalue weighted by Gasteiger charge is 2.54. The summed E-state index contributed by atoms with van der Waals surface area (Å²) in [5.74, 6) is -0.756. The number of benzene rings is 1. The van der Waals surface area contributed by atoms with Crippen LogP contribution in [0.1, 0.15) is 24.6 Å². The maximum Gasteiger partial charge on any atom is 0.187 e. The lowest BCUT2D eigenvalue weighted by atomic mass is 9.87. The van der Waals surface area contributed by atoms with Gasteiger partial charge in [0.15, 0.2) is 17.5 Å². The summed E-state index contributed by atoms with van der Waals surface area (Å²) in [5.41, 5.74) is 3.86. The van der Waals surface area contributed by atoms with Gasteiger partial charge < -0.3 is 9.47 Å². The second kappa shape index (κ2) is 10.5. The zero-order valence-electron chi connectivity index (χ0n) is 24.3. The molecule has 1 aromatic carbocycles. The zero-order valence-corrected chi connectivity index (χ0v) is 27.8. The second-order valence-corrected chi connectivity index (χ2v) is 26.2. The third-order valence-corrected chi connectivity index (χ3v) is 12.2. The predicted molar refractivity (Wildman–Crippen MR) is 160 cm³/mol. The van der Waals surface area contributed by atoms with Crippen molar-refractivity contribution in [3.63, 3.8) is 0 Å². The highest BCUT2D eigenvalue weighted by Crippen LogP contribution is 2.60. The number of aromatic nitrogens is 4. The van der Waals surface area contributed by atoms with Crippen molar-refractivity contribution in [2.24, 2.45) is 11.3 Å². The number of imidazole rings is 1. The Morgan fingerprint density at radius 3 is 2.31 bits per heavy atom. The smallest absolute Gasteiger partial charge is 0.187 e. The average molecular weight is 640 g/mol. The van der Waals surface area contributed by atoms with Crippen molar-refractivity contribution in [1.82, 2.24) is 19.3 Å². The van der Waals surface area contributed by atoms with Crippen LogP contribution in [0.5, 0.6) is 0 Å². The summed E-state index contributed by atoms with van der Waals surface area (Å²) in [4.78, 5) is 4.66. The molecule has 2 aliphatic carbocycles. The quantitative estimate of drug-likeness (QED) is 0.123. The van der Waals surface area contributed by atoms with Crippen LogP contribution in [0.15, 0.2) is 10.5 Å². The van der Waals surface area contributed by atoms with Crippen molar-refractivity contribution in [2.75, 3.05) is 13.2 Å². The Hall–Kier alpha value is -1.41. The zero-order chi connectivity index (χ0) is 28.3. The molecule has 1 saturated carbocycles. The lowest BCUT2D eigenvalue weighted by Crippen LogP contribution is -2.23. The number of ether oxygens (including phenoxy) is 2. The van der Waals surface area contributed by atoms with Gasteiger partial charge in [0.1, 0.15) is 24.7 Å². The fourth-order valence-electron chi connectivity index (χ4n) is 5.44. The van der Waals surface area contributed by atoms with Crippen molar-refractivity contribution >= 4 is 43.1 Å². The molecular formula is C28H41BrF2N4O2Si2. The summed E-state index contributed by atoms with van der Waals surface area (Å²) < 4.78 is 45.8. The van der Waals surface area contributed by atoms with Crippen molar-refractivity contribution in [1.29, 1.82) is 0 Å². The van der Waals surface area contributed by atoms with Gasteiger partial charge in [-0.1, -0.05) is 46.2 Å². The van der Waals surface area contributed by atoms with Gasteiger partial charge in [-0.25, -0.2) is 18.4 Å². The summed E-state index contributed by atoms with van der Waals surface area (Å²) in [6.07, 6.45) is 3.05. The molecule has 1 fully saturated rings. The normalized spacial score (nSPS) is 20.9. The molecule has 2 aromatic heterocycles. The Morgan fingerprint density at radius 1 is 1.03 bits per heavy atom. The van der Waals surface area contributed by atoms with Gasteiger partial charge in [-0.2, -0.15) is 5.10 Å². The maximum atomic E-state index is 15.1. The Balaban J connectivity index is 1.54. The molecule has 2 aliphatic rings. The topological polar surface area (TPSA) is 54.1 Å². The summed E-state index contributed by atoms with van der Waals surface area (Å²) >= 11 is 3.18. The van der Waals surface area contributed by atoms with E-state index < -0.39 is 27.8 Å². The molecule has 2 atom stereocenters. The number of halogens is 3. The first-order valence-electron chi connectivity index (χ1n) is 13.9. The summed E-state index contributed by atoms with van der Waals surface area (Å²) in [6, 6.07) is 3.70. The molecule has 2 heterocycles. The van der Waals surface area contributed by atoms with Crippen LogP contribution in [-0.2, 0) is 35.8 Å². The van der Waals surface area contributed by atoms with Crippen LogP contribution < -0.4 is 0 Å². The molecular weight excluding hydrogens is 598 g/mol. The highest BCUT2D eigenvalue weighted by atomic mass is 79.9. The van der Waals surface area contributed by atoms with Crippen molar-refractivity contribution in [3.05, 3.63) is 33.4 Å². The molecule has 0 N–H and O–H groups in total. The molecule has 3 aromatic rings. The van der Waals surface area contributed by atoms with Crippen LogP contribution in [-0.4, -0.2) is 48.7 Å². The molecule has 0 saturated heterocycles. The first-order chi connectivity index (χ1) is 18.2. The van der Waals surface area contributed by atoms with Crippen molar-refractivity contribution in [3.8, 4) is 11.5 Å². The van der Waals surface area contributed by atoms with Gasteiger partial charge in [0.2, 0.25) is 0 Å². The minimum absolute atomic E-state index is 0.00116. The fourth-order valence-corrected chi connectivity index (χ4v) is 7.35. The number of rotatable bonds is 11. The first kappa shape index (κ1) is 29.1. The van der Waals surface area contributed by atoms with Crippen LogP contribution in [0.25, 0.3) is 22.6 Å². The Labute approximate surface area is 240 Å². The minimum Gasteiger partial charge on any atom is -0.361 e. The molecule has 214 valence electrons. The van der Waals surface area contributed by atoms with Gasteiger partial charge in [-0.15, -0.1) is 0 Å². The largest absolute Gasteiger partial charge is 0.361 e. The molecule has 0 bridgehead atoms. The third kappa shape index (κ3) is 6.12. The average Bonchev–Trinajstić information content (AvgIpc) is 3.19. The molecule has 6 nitrogen and oxygen atoms in total. The van der Waals surface area contributed by atoms with Gasteiger partial charge in [-0.3, -0.25) is 4.57 Å². The van der Waals surface area contributed by atoms with Crippen LogP contribution in [0.3, 0.4) is 0 Å². The first-order valence-corrected chi connectivity index (χ1v) is 22.2. The van der Waals surface area contributed by atoms with E-state index in [9.17, 15) is 4.39 Å². The minimum atomic E-state index is -1.28. The van der Waals surface area contributed by atoms with Crippen molar-refractivity contribution < 1.29 is 18.3 Å². The van der Waals surface area contributed by atoms with E-state index in [2.05, 4.69) is 67.1 Å². The van der Waals surface area contributed by atoms with Crippen LogP contribution in [0, 0.1) is 23.0 Å². The van der Waals surface area contributed by atoms with E-state index in [-0.39, 0.29) is 16.7 Å². The van der Waals surface area contributed by atoms with E-state index in [1.807, 2.05) is 9.25 Å². The van der Waals surface area contributed by atoms with Gasteiger partial charge >= 0.3 is 0 Å². The van der Waals surface area contributed by atoms with Gasteiger partial charge in [0.25, 0.3) is 0 Å². The fraction of sp³-hybridized carbons (Fsp3) is 0.643. The molecule has 0 amide bonds. The Bertz CT molecular complexity index is 1400. The molecule has 39 heavy (non-hydrogen) atoms. The molecule has 0 aliphatic heterocycles. The van der Waals surface area contributed by atoms with Gasteiger partial charge in [0.05, 0.1) is 9.99 Å². The SMILES string of the molecule is C[C@@]12Cc3c(c(-c4nc5c(F)c(F)c(Br)cc5n4COCC[Si](C)(C)C)nn3COCC[Si](C)(C)C)C[C@@H]1C2. The van der Waals surface area contributed by atoms with E-state index >= 15 is 4.39 Å². The standard InChI is InChI=1S/C28H41BrF2N4O2Si2/c1-28-14-18(28)12-19-22(15-28)35(17-37-9-11-39(5,6)7)33-25(19)27-32-26-21(13-20(29)23(30)24(26)31)34(27)16-36-8-10-38(2,3)4/h13,18H,8-12,14-17H2,1-7H3/t18-,28-/m1/s1. The molecule has 0 spiro atoms. The maximum absolute atomic E-state index is 15.1. The van der Waals surface area contributed by atoms with Gasteiger partial charge in [-0.05, 0) is 64.7 Å². The van der Waals surface area contributed by atoms with E-state index in [0.29, 0.717) is 42.6 Å². The Morgan fingerprint density at radius 2 is 1.67 bits per heavy atom. The van der Waals surface area contributed by atoms with Crippen molar-refractivity contribution in [2.45, 2.75) is 91.0 Å². The third-order valence-electron chi connectivity index (χ3n) is 8.25. The van der Waals surface area contributed by atoms with Crippen LogP contribution in [0.4, 0.5) is 8.78 Å². The van der Waals surface area contributed by atoms with E-state index in [1.54, 1.807) is 6.07 Å². The highest BCUT2D eigenvalue weighted by molar-refractivity contribution is 9.10. The summed E-state index contributed by atoms with van der Waals surface area (Å²) in [7, 11) is -2.49. The summed E-state index contributed by atoms with van der Waals surface area (Å²) in [6.45, 7) is 18.2. The van der Waals surface area contributed by atoms with Crippen LogP contribution in [0.2, 0.25) is 51.4 Å². The number of hydrogen-bond donors (Lipinski definition) is 0. The van der Waals surface area contributed by atoms with E-state index in [0.717, 1.165) is 36.2 Å². The monoisotopic (exact) mass is 638 g/mol. The predicted octanol–water partition coefficient (Wildman–Crippen LogP) is 7.69. The molecule has 0 radical (unpaired) electrons. The Kier molecular flexibility index (Phi) is 7.80. The van der Waals surface area contributed by atoms with Crippen LogP contribution >= 0.6 is 15.9 Å². The lowest BCUT2D eigenvalue weighted by molar-refractivity contribution is 0.0756. The lowest BCUT2D eigenvalue weighted by Gasteiger charge is -2.20. The van der Waals surface area contributed by atoms with Gasteiger partial charge in [0, 0.05) is 40.6 Å². The number of nitrogens with zero attached hydrogens (tertiary/aromatic N) is 4. The molecule has 11 heteroatoms. The molecule has 5 rings (SSSR count). The molecule has 0 unspecified atom stereocenters. The van der Waals surface area contributed by atoms with E-state index in [1.165, 1.54) is 12.1 Å². The number of hydrogen-bond acceptors (Lipinski definition) is 4.